The van der Waals surface area contributed by atoms with Crippen molar-refractivity contribution < 1.29 is 9.72 Å². The third kappa shape index (κ3) is 5.66. The fraction of sp³-hybridized carbons (Fsp3) is 0.300. The molecule has 0 aromatic heterocycles. The first-order chi connectivity index (χ1) is 13.5. The fourth-order valence-electron chi connectivity index (χ4n) is 3.00. The minimum atomic E-state index is -0.423. The number of amides is 1. The first-order valence-electron chi connectivity index (χ1n) is 9.03. The van der Waals surface area contributed by atoms with Gasteiger partial charge in [-0.15, -0.1) is 24.0 Å². The number of carbonyl (C=O) groups is 1. The van der Waals surface area contributed by atoms with Crippen molar-refractivity contribution in [3.05, 3.63) is 69.8 Å². The summed E-state index contributed by atoms with van der Waals surface area (Å²) >= 11 is 0. The highest BCUT2D eigenvalue weighted by Crippen LogP contribution is 2.27. The first kappa shape index (κ1) is 22.6. The molecule has 3 rings (SSSR count). The normalized spacial score (nSPS) is 12.8. The molecule has 1 aliphatic rings. The van der Waals surface area contributed by atoms with Crippen LogP contribution in [-0.2, 0) is 17.8 Å². The van der Waals surface area contributed by atoms with Crippen molar-refractivity contribution in [1.29, 1.82) is 0 Å². The maximum Gasteiger partial charge on any atom is 0.269 e. The Morgan fingerprint density at radius 2 is 1.90 bits per heavy atom. The number of para-hydroxylation sites is 1. The van der Waals surface area contributed by atoms with Gasteiger partial charge in [-0.25, -0.2) is 4.99 Å². The van der Waals surface area contributed by atoms with Gasteiger partial charge in [0.1, 0.15) is 0 Å². The summed E-state index contributed by atoms with van der Waals surface area (Å²) in [4.78, 5) is 30.7. The Labute approximate surface area is 186 Å². The highest BCUT2D eigenvalue weighted by atomic mass is 127. The number of benzene rings is 2. The molecule has 0 bridgehead atoms. The van der Waals surface area contributed by atoms with E-state index in [1.807, 2.05) is 18.2 Å². The van der Waals surface area contributed by atoms with Gasteiger partial charge in [0.25, 0.3) is 5.69 Å². The Morgan fingerprint density at radius 1 is 1.21 bits per heavy atom. The maximum absolute atomic E-state index is 12.0. The van der Waals surface area contributed by atoms with Crippen LogP contribution in [0.25, 0.3) is 0 Å². The quantitative estimate of drug-likeness (QED) is 0.220. The van der Waals surface area contributed by atoms with Crippen LogP contribution in [-0.4, -0.2) is 48.9 Å². The number of nitro groups is 1. The van der Waals surface area contributed by atoms with E-state index in [4.69, 9.17) is 0 Å². The summed E-state index contributed by atoms with van der Waals surface area (Å²) in [6.07, 6.45) is 0.913. The maximum atomic E-state index is 12.0. The van der Waals surface area contributed by atoms with Gasteiger partial charge in [0, 0.05) is 38.5 Å². The van der Waals surface area contributed by atoms with Crippen LogP contribution in [0.5, 0.6) is 0 Å². The number of nitrogens with zero attached hydrogens (tertiary/aromatic N) is 4. The number of anilines is 1. The van der Waals surface area contributed by atoms with Gasteiger partial charge in [-0.05, 0) is 23.6 Å². The van der Waals surface area contributed by atoms with Crippen molar-refractivity contribution >= 4 is 47.2 Å². The van der Waals surface area contributed by atoms with E-state index in [1.165, 1.54) is 22.6 Å². The predicted octanol–water partition coefficient (Wildman–Crippen LogP) is 2.81. The van der Waals surface area contributed by atoms with E-state index in [1.54, 1.807) is 26.2 Å². The van der Waals surface area contributed by atoms with E-state index in [0.717, 1.165) is 24.2 Å². The van der Waals surface area contributed by atoms with Crippen LogP contribution >= 0.6 is 24.0 Å². The van der Waals surface area contributed by atoms with E-state index in [0.29, 0.717) is 12.5 Å². The number of fused-ring (bicyclic) bond motifs is 1. The van der Waals surface area contributed by atoms with Gasteiger partial charge in [0.15, 0.2) is 5.96 Å². The third-order valence-corrected chi connectivity index (χ3v) is 4.60. The minimum absolute atomic E-state index is 0. The predicted molar refractivity (Wildman–Crippen MR) is 124 cm³/mol. The molecule has 0 spiro atoms. The first-order valence-corrected chi connectivity index (χ1v) is 9.03. The van der Waals surface area contributed by atoms with Gasteiger partial charge in [0.2, 0.25) is 5.91 Å². The lowest BCUT2D eigenvalue weighted by Gasteiger charge is -2.23. The molecule has 0 atom stereocenters. The number of nitro benzene ring substituents is 1. The molecule has 1 aliphatic heterocycles. The number of likely N-dealkylation sites (N-methyl/N-ethyl adjacent to an activating group) is 1. The third-order valence-electron chi connectivity index (χ3n) is 4.60. The van der Waals surface area contributed by atoms with E-state index in [-0.39, 0.29) is 42.1 Å². The van der Waals surface area contributed by atoms with Crippen molar-refractivity contribution in [2.24, 2.45) is 4.99 Å². The minimum Gasteiger partial charge on any atom is -0.347 e. The molecule has 0 saturated carbocycles. The molecule has 0 fully saturated rings. The standard InChI is InChI=1S/C20H23N5O3.HI/c1-23(2)19(26)14-22-20(24-12-11-16-5-3-4-6-18(16)24)21-13-15-7-9-17(10-8-15)25(27)28;/h3-10H,11-14H2,1-2H3,(H,21,22);1H. The number of non-ortho nitro benzene ring substituents is 1. The molecule has 1 N–H and O–H groups in total. The van der Waals surface area contributed by atoms with Crippen molar-refractivity contribution in [3.8, 4) is 0 Å². The number of halogens is 1. The Bertz CT molecular complexity index is 899. The lowest BCUT2D eigenvalue weighted by Crippen LogP contribution is -2.45. The zero-order valence-corrected chi connectivity index (χ0v) is 18.7. The van der Waals surface area contributed by atoms with Crippen LogP contribution in [0.2, 0.25) is 0 Å². The molecule has 2 aromatic rings. The molecular weight excluding hydrogens is 485 g/mol. The van der Waals surface area contributed by atoms with Gasteiger partial charge >= 0.3 is 0 Å². The second-order valence-corrected chi connectivity index (χ2v) is 6.74. The lowest BCUT2D eigenvalue weighted by atomic mass is 10.2. The van der Waals surface area contributed by atoms with Crippen molar-refractivity contribution in [2.75, 3.05) is 32.1 Å². The summed E-state index contributed by atoms with van der Waals surface area (Å²) in [5.41, 5.74) is 3.23. The van der Waals surface area contributed by atoms with Gasteiger partial charge in [-0.3, -0.25) is 14.9 Å². The molecule has 2 aromatic carbocycles. The average Bonchev–Trinajstić information content (AvgIpc) is 3.12. The molecular formula is C20H24IN5O3. The monoisotopic (exact) mass is 509 g/mol. The Kier molecular flexibility index (Phi) is 7.94. The topological polar surface area (TPSA) is 91.1 Å². The zero-order chi connectivity index (χ0) is 20.1. The summed E-state index contributed by atoms with van der Waals surface area (Å²) < 4.78 is 0. The number of carbonyl (C=O) groups excluding carboxylic acids is 1. The van der Waals surface area contributed by atoms with Crippen LogP contribution in [0.3, 0.4) is 0 Å². The van der Waals surface area contributed by atoms with Gasteiger partial charge < -0.3 is 15.1 Å². The number of hydrogen-bond acceptors (Lipinski definition) is 4. The molecule has 0 aliphatic carbocycles. The fourth-order valence-corrected chi connectivity index (χ4v) is 3.00. The number of hydrogen-bond donors (Lipinski definition) is 1. The summed E-state index contributed by atoms with van der Waals surface area (Å²) in [6.45, 7) is 1.28. The van der Waals surface area contributed by atoms with E-state index < -0.39 is 4.92 Å². The number of rotatable bonds is 5. The van der Waals surface area contributed by atoms with Gasteiger partial charge in [-0.1, -0.05) is 30.3 Å². The smallest absolute Gasteiger partial charge is 0.269 e. The lowest BCUT2D eigenvalue weighted by molar-refractivity contribution is -0.384. The van der Waals surface area contributed by atoms with Crippen molar-refractivity contribution in [1.82, 2.24) is 10.2 Å². The van der Waals surface area contributed by atoms with Crippen LogP contribution in [0.15, 0.2) is 53.5 Å². The van der Waals surface area contributed by atoms with Crippen LogP contribution in [0.1, 0.15) is 11.1 Å². The van der Waals surface area contributed by atoms with E-state index in [9.17, 15) is 14.9 Å². The molecule has 1 heterocycles. The number of guanidine groups is 1. The van der Waals surface area contributed by atoms with Gasteiger partial charge in [-0.2, -0.15) is 0 Å². The Hall–Kier alpha value is -2.69. The summed E-state index contributed by atoms with van der Waals surface area (Å²) in [5.74, 6) is 0.578. The molecule has 29 heavy (non-hydrogen) atoms. The molecule has 154 valence electrons. The van der Waals surface area contributed by atoms with Crippen LogP contribution in [0, 0.1) is 10.1 Å². The van der Waals surface area contributed by atoms with Crippen LogP contribution in [0.4, 0.5) is 11.4 Å². The molecule has 9 heteroatoms. The van der Waals surface area contributed by atoms with Gasteiger partial charge in [0.05, 0.1) is 18.0 Å². The zero-order valence-electron chi connectivity index (χ0n) is 16.4. The summed E-state index contributed by atoms with van der Waals surface area (Å²) in [7, 11) is 3.42. The average molecular weight is 509 g/mol. The van der Waals surface area contributed by atoms with E-state index >= 15 is 0 Å². The van der Waals surface area contributed by atoms with E-state index in [2.05, 4.69) is 21.3 Å². The summed E-state index contributed by atoms with van der Waals surface area (Å²) in [6, 6.07) is 14.5. The highest BCUT2D eigenvalue weighted by molar-refractivity contribution is 14.0. The SMILES string of the molecule is CN(C)C(=O)CNC(=NCc1ccc([N+](=O)[O-])cc1)N1CCc2ccccc21.I. The largest absolute Gasteiger partial charge is 0.347 e. The molecule has 0 unspecified atom stereocenters. The molecule has 0 radical (unpaired) electrons. The van der Waals surface area contributed by atoms with Crippen LogP contribution < -0.4 is 10.2 Å². The molecule has 0 saturated heterocycles. The Morgan fingerprint density at radius 3 is 2.55 bits per heavy atom. The van der Waals surface area contributed by atoms with Crippen molar-refractivity contribution in [2.45, 2.75) is 13.0 Å². The number of nitrogens with one attached hydrogen (secondary N) is 1. The molecule has 1 amide bonds. The number of aliphatic imine (C=N–C) groups is 1. The van der Waals surface area contributed by atoms with Crippen molar-refractivity contribution in [3.63, 3.8) is 0 Å². The second-order valence-electron chi connectivity index (χ2n) is 6.74. The highest BCUT2D eigenvalue weighted by Gasteiger charge is 2.23. The molecule has 8 nitrogen and oxygen atoms in total. The Balaban J connectivity index is 0.00000300. The second kappa shape index (κ2) is 10.2. The summed E-state index contributed by atoms with van der Waals surface area (Å²) in [5, 5.41) is 14.0.